The summed E-state index contributed by atoms with van der Waals surface area (Å²) in [6.07, 6.45) is 1.35. The smallest absolute Gasteiger partial charge is 0.410 e. The molecule has 1 aromatic rings. The number of rotatable bonds is 6. The highest BCUT2D eigenvalue weighted by atomic mass is 16.6. The second-order valence-electron chi connectivity index (χ2n) is 5.85. The van der Waals surface area contributed by atoms with Crippen LogP contribution in [0.1, 0.15) is 32.8 Å². The Hall–Kier alpha value is -1.55. The number of hydrogen-bond acceptors (Lipinski definition) is 3. The van der Waals surface area contributed by atoms with Gasteiger partial charge in [-0.15, -0.1) is 0 Å². The third kappa shape index (κ3) is 6.57. The monoisotopic (exact) mass is 278 g/mol. The fraction of sp³-hybridized carbons (Fsp3) is 0.562. The summed E-state index contributed by atoms with van der Waals surface area (Å²) in [5.74, 6) is 0. The first kappa shape index (κ1) is 16.5. The van der Waals surface area contributed by atoms with Gasteiger partial charge in [0.1, 0.15) is 5.60 Å². The average molecular weight is 278 g/mol. The number of amides is 1. The van der Waals surface area contributed by atoms with E-state index in [1.54, 1.807) is 4.90 Å². The van der Waals surface area contributed by atoms with Crippen molar-refractivity contribution in [3.8, 4) is 0 Å². The van der Waals surface area contributed by atoms with Crippen molar-refractivity contribution in [1.29, 1.82) is 0 Å². The molecule has 0 atom stereocenters. The van der Waals surface area contributed by atoms with E-state index < -0.39 is 5.60 Å². The lowest BCUT2D eigenvalue weighted by Crippen LogP contribution is -2.39. The molecular formula is C16H26N2O2. The minimum Gasteiger partial charge on any atom is -0.444 e. The molecule has 2 N–H and O–H groups in total. The fourth-order valence-corrected chi connectivity index (χ4v) is 1.81. The molecule has 112 valence electrons. The summed E-state index contributed by atoms with van der Waals surface area (Å²) in [5, 5.41) is 0. The van der Waals surface area contributed by atoms with Crippen LogP contribution >= 0.6 is 0 Å². The summed E-state index contributed by atoms with van der Waals surface area (Å²) in [6.45, 7) is 7.50. The van der Waals surface area contributed by atoms with E-state index >= 15 is 0 Å². The van der Waals surface area contributed by atoms with Gasteiger partial charge in [0.2, 0.25) is 0 Å². The maximum Gasteiger partial charge on any atom is 0.410 e. The van der Waals surface area contributed by atoms with Crippen LogP contribution in [0.3, 0.4) is 0 Å². The summed E-state index contributed by atoms with van der Waals surface area (Å²) >= 11 is 0. The largest absolute Gasteiger partial charge is 0.444 e. The van der Waals surface area contributed by atoms with E-state index in [2.05, 4.69) is 12.1 Å². The second-order valence-corrected chi connectivity index (χ2v) is 5.85. The summed E-state index contributed by atoms with van der Waals surface area (Å²) in [4.78, 5) is 13.9. The lowest BCUT2D eigenvalue weighted by molar-refractivity contribution is 0.0251. The molecule has 0 aliphatic rings. The van der Waals surface area contributed by atoms with Crippen LogP contribution in [-0.4, -0.2) is 36.2 Å². The zero-order valence-corrected chi connectivity index (χ0v) is 12.8. The van der Waals surface area contributed by atoms with Crippen molar-refractivity contribution in [2.45, 2.75) is 39.2 Å². The highest BCUT2D eigenvalue weighted by molar-refractivity contribution is 5.68. The maximum absolute atomic E-state index is 12.1. The van der Waals surface area contributed by atoms with Gasteiger partial charge >= 0.3 is 6.09 Å². The van der Waals surface area contributed by atoms with Crippen LogP contribution in [0.25, 0.3) is 0 Å². The first-order chi connectivity index (χ1) is 9.42. The Morgan fingerprint density at radius 2 is 1.85 bits per heavy atom. The van der Waals surface area contributed by atoms with E-state index in [-0.39, 0.29) is 6.09 Å². The molecule has 0 spiro atoms. The Kier molecular flexibility index (Phi) is 6.52. The number of ether oxygens (including phenoxy) is 1. The fourth-order valence-electron chi connectivity index (χ4n) is 1.81. The quantitative estimate of drug-likeness (QED) is 0.870. The third-order valence-corrected chi connectivity index (χ3v) is 2.80. The summed E-state index contributed by atoms with van der Waals surface area (Å²) < 4.78 is 5.43. The molecule has 0 aliphatic heterocycles. The lowest BCUT2D eigenvalue weighted by atomic mass is 10.1. The van der Waals surface area contributed by atoms with Crippen LogP contribution in [0.5, 0.6) is 0 Å². The van der Waals surface area contributed by atoms with Crippen LogP contribution in [0.15, 0.2) is 30.3 Å². The molecule has 0 radical (unpaired) electrons. The number of carbonyl (C=O) groups excluding carboxylic acids is 1. The Morgan fingerprint density at radius 3 is 2.40 bits per heavy atom. The van der Waals surface area contributed by atoms with E-state index in [1.165, 1.54) is 5.56 Å². The molecule has 4 nitrogen and oxygen atoms in total. The van der Waals surface area contributed by atoms with Crippen molar-refractivity contribution in [3.63, 3.8) is 0 Å². The normalized spacial score (nSPS) is 11.2. The van der Waals surface area contributed by atoms with Crippen LogP contribution in [-0.2, 0) is 11.2 Å². The zero-order valence-electron chi connectivity index (χ0n) is 12.8. The zero-order chi connectivity index (χ0) is 15.0. The van der Waals surface area contributed by atoms with Crippen molar-refractivity contribution in [2.75, 3.05) is 19.6 Å². The van der Waals surface area contributed by atoms with Gasteiger partial charge in [0.05, 0.1) is 0 Å². The highest BCUT2D eigenvalue weighted by Gasteiger charge is 2.21. The SMILES string of the molecule is CC(C)(C)OC(=O)N(CCCN)CCc1ccccc1. The predicted octanol–water partition coefficient (Wildman–Crippen LogP) is 2.82. The van der Waals surface area contributed by atoms with Crippen molar-refractivity contribution < 1.29 is 9.53 Å². The maximum atomic E-state index is 12.1. The van der Waals surface area contributed by atoms with E-state index in [4.69, 9.17) is 10.5 Å². The molecule has 1 aromatic carbocycles. The van der Waals surface area contributed by atoms with Gasteiger partial charge in [0, 0.05) is 13.1 Å². The third-order valence-electron chi connectivity index (χ3n) is 2.80. The van der Waals surface area contributed by atoms with Gasteiger partial charge in [-0.05, 0) is 45.7 Å². The number of hydrogen-bond donors (Lipinski definition) is 1. The molecule has 0 fully saturated rings. The number of nitrogens with two attached hydrogens (primary N) is 1. The predicted molar refractivity (Wildman–Crippen MR) is 81.6 cm³/mol. The van der Waals surface area contributed by atoms with E-state index in [0.717, 1.165) is 12.8 Å². The Morgan fingerprint density at radius 1 is 1.20 bits per heavy atom. The minimum atomic E-state index is -0.467. The lowest BCUT2D eigenvalue weighted by Gasteiger charge is -2.27. The van der Waals surface area contributed by atoms with Crippen LogP contribution in [0, 0.1) is 0 Å². The molecule has 1 rings (SSSR count). The first-order valence-electron chi connectivity index (χ1n) is 7.14. The van der Waals surface area contributed by atoms with Gasteiger partial charge in [0.25, 0.3) is 0 Å². The van der Waals surface area contributed by atoms with Crippen LogP contribution in [0.2, 0.25) is 0 Å². The molecule has 4 heteroatoms. The number of nitrogens with zero attached hydrogens (tertiary/aromatic N) is 1. The van der Waals surface area contributed by atoms with E-state index in [9.17, 15) is 4.79 Å². The molecule has 20 heavy (non-hydrogen) atoms. The van der Waals surface area contributed by atoms with Gasteiger partial charge in [-0.1, -0.05) is 30.3 Å². The van der Waals surface area contributed by atoms with Gasteiger partial charge < -0.3 is 15.4 Å². The molecule has 0 heterocycles. The minimum absolute atomic E-state index is 0.262. The molecule has 0 saturated carbocycles. The Balaban J connectivity index is 2.57. The molecule has 1 amide bonds. The first-order valence-corrected chi connectivity index (χ1v) is 7.14. The van der Waals surface area contributed by atoms with Crippen molar-refractivity contribution in [1.82, 2.24) is 4.90 Å². The van der Waals surface area contributed by atoms with Crippen molar-refractivity contribution in [2.24, 2.45) is 5.73 Å². The molecule has 0 bridgehead atoms. The van der Waals surface area contributed by atoms with Crippen LogP contribution in [0.4, 0.5) is 4.79 Å². The van der Waals surface area contributed by atoms with Gasteiger partial charge in [-0.2, -0.15) is 0 Å². The standard InChI is InChI=1S/C16H26N2O2/c1-16(2,3)20-15(19)18(12-7-11-17)13-10-14-8-5-4-6-9-14/h4-6,8-9H,7,10-13,17H2,1-3H3. The van der Waals surface area contributed by atoms with E-state index in [1.807, 2.05) is 39.0 Å². The molecule has 0 unspecified atom stereocenters. The van der Waals surface area contributed by atoms with Gasteiger partial charge in [-0.3, -0.25) is 0 Å². The van der Waals surface area contributed by atoms with Gasteiger partial charge in [-0.25, -0.2) is 4.79 Å². The highest BCUT2D eigenvalue weighted by Crippen LogP contribution is 2.11. The average Bonchev–Trinajstić information content (AvgIpc) is 2.38. The van der Waals surface area contributed by atoms with E-state index in [0.29, 0.717) is 19.6 Å². The van der Waals surface area contributed by atoms with Crippen molar-refractivity contribution >= 4 is 6.09 Å². The topological polar surface area (TPSA) is 55.6 Å². The Bertz CT molecular complexity index is 399. The summed E-state index contributed by atoms with van der Waals surface area (Å²) in [6, 6.07) is 10.1. The molecule has 0 aliphatic carbocycles. The van der Waals surface area contributed by atoms with Crippen LogP contribution < -0.4 is 5.73 Å². The summed E-state index contributed by atoms with van der Waals surface area (Å²) in [5.41, 5.74) is 6.28. The molecule has 0 saturated heterocycles. The summed E-state index contributed by atoms with van der Waals surface area (Å²) in [7, 11) is 0. The molecule has 0 aromatic heterocycles. The Labute approximate surface area is 121 Å². The van der Waals surface area contributed by atoms with Gasteiger partial charge in [0.15, 0.2) is 0 Å². The number of carbonyl (C=O) groups is 1. The molecular weight excluding hydrogens is 252 g/mol. The second kappa shape index (κ2) is 7.90. The number of benzene rings is 1. The van der Waals surface area contributed by atoms with Crippen molar-refractivity contribution in [3.05, 3.63) is 35.9 Å².